The van der Waals surface area contributed by atoms with Crippen LogP contribution in [0.2, 0.25) is 0 Å². The van der Waals surface area contributed by atoms with Crippen LogP contribution in [-0.4, -0.2) is 26.1 Å². The number of methoxy groups -OCH3 is 1. The molecule has 0 aromatic heterocycles. The Bertz CT molecular complexity index is 957. The number of benzene rings is 2. The quantitative estimate of drug-likeness (QED) is 0.704. The topological polar surface area (TPSA) is 60.4 Å². The van der Waals surface area contributed by atoms with Crippen molar-refractivity contribution in [2.24, 2.45) is 0 Å². The number of allylic oxidation sites excluding steroid dienone is 1. The molecule has 0 radical (unpaired) electrons. The van der Waals surface area contributed by atoms with Crippen molar-refractivity contribution in [2.45, 2.75) is 48.7 Å². The van der Waals surface area contributed by atoms with Gasteiger partial charge < -0.3 is 4.74 Å². The third-order valence-corrected chi connectivity index (χ3v) is 7.98. The zero-order chi connectivity index (χ0) is 20.2. The van der Waals surface area contributed by atoms with Crippen molar-refractivity contribution in [3.63, 3.8) is 0 Å². The fraction of sp³-hybridized carbons (Fsp3) is 0.348. The van der Waals surface area contributed by atoms with Crippen LogP contribution >= 0.6 is 0 Å². The number of carbonyl (C=O) groups excluding carboxylic acids is 1. The lowest BCUT2D eigenvalue weighted by atomic mass is 9.84. The number of hydrogen-bond donors (Lipinski definition) is 0. The summed E-state index contributed by atoms with van der Waals surface area (Å²) in [5, 5.41) is 0. The Labute approximate surface area is 167 Å². The van der Waals surface area contributed by atoms with Crippen molar-refractivity contribution in [3.8, 4) is 5.75 Å². The highest BCUT2D eigenvalue weighted by atomic mass is 32.2. The molecule has 2 aromatic carbocycles. The number of ether oxygens (including phenoxy) is 1. The van der Waals surface area contributed by atoms with Gasteiger partial charge in [-0.1, -0.05) is 48.4 Å². The maximum atomic E-state index is 13.5. The van der Waals surface area contributed by atoms with Gasteiger partial charge in [-0.3, -0.25) is 4.79 Å². The smallest absolute Gasteiger partial charge is 0.191 e. The minimum absolute atomic E-state index is 0.168. The summed E-state index contributed by atoms with van der Waals surface area (Å²) in [6, 6.07) is 14.3. The number of carbonyl (C=O) groups is 1. The summed E-state index contributed by atoms with van der Waals surface area (Å²) < 4.78 is 30.8. The lowest BCUT2D eigenvalue weighted by Crippen LogP contribution is -2.48. The van der Waals surface area contributed by atoms with Gasteiger partial charge in [-0.15, -0.1) is 0 Å². The summed E-state index contributed by atoms with van der Waals surface area (Å²) in [7, 11) is -2.17. The number of rotatable bonds is 6. The summed E-state index contributed by atoms with van der Waals surface area (Å²) in [4.78, 5) is 13.1. The summed E-state index contributed by atoms with van der Waals surface area (Å²) >= 11 is 0. The van der Waals surface area contributed by atoms with Gasteiger partial charge in [0.1, 0.15) is 10.5 Å². The van der Waals surface area contributed by atoms with Gasteiger partial charge in [0.2, 0.25) is 0 Å². The van der Waals surface area contributed by atoms with E-state index >= 15 is 0 Å². The summed E-state index contributed by atoms with van der Waals surface area (Å²) in [6.07, 6.45) is 6.06. The fourth-order valence-electron chi connectivity index (χ4n) is 3.72. The predicted octanol–water partition coefficient (Wildman–Crippen LogP) is 4.76. The van der Waals surface area contributed by atoms with Crippen LogP contribution in [0.1, 0.15) is 43.2 Å². The van der Waals surface area contributed by atoms with E-state index in [2.05, 4.69) is 0 Å². The Balaban J connectivity index is 1.92. The summed E-state index contributed by atoms with van der Waals surface area (Å²) in [6.45, 7) is 1.91. The van der Waals surface area contributed by atoms with E-state index in [1.807, 2.05) is 43.3 Å². The first-order valence-electron chi connectivity index (χ1n) is 9.54. The molecule has 0 amide bonds. The van der Waals surface area contributed by atoms with E-state index in [1.54, 1.807) is 31.4 Å². The first-order chi connectivity index (χ1) is 13.4. The van der Waals surface area contributed by atoms with Crippen LogP contribution in [0.5, 0.6) is 5.75 Å². The van der Waals surface area contributed by atoms with Gasteiger partial charge in [-0.25, -0.2) is 8.42 Å². The molecule has 1 aliphatic rings. The number of ketones is 1. The predicted molar refractivity (Wildman–Crippen MR) is 111 cm³/mol. The Morgan fingerprint density at radius 1 is 1.04 bits per heavy atom. The minimum atomic E-state index is -3.78. The lowest BCUT2D eigenvalue weighted by Gasteiger charge is -2.34. The first kappa shape index (κ1) is 20.3. The maximum Gasteiger partial charge on any atom is 0.191 e. The van der Waals surface area contributed by atoms with Crippen LogP contribution < -0.4 is 4.74 Å². The van der Waals surface area contributed by atoms with Gasteiger partial charge in [0.25, 0.3) is 0 Å². The summed E-state index contributed by atoms with van der Waals surface area (Å²) in [5.74, 6) is 0.594. The van der Waals surface area contributed by atoms with Gasteiger partial charge in [-0.05, 0) is 56.0 Å². The van der Waals surface area contributed by atoms with Gasteiger partial charge in [0.05, 0.1) is 12.0 Å². The highest BCUT2D eigenvalue weighted by molar-refractivity contribution is 7.93. The SMILES string of the molecule is COc1ccc(/C=C/C[C@@]2(S(=O)(=O)c3ccc(C)cc3)CCCCC2=O)cc1. The molecule has 0 heterocycles. The van der Waals surface area contributed by atoms with Crippen molar-refractivity contribution < 1.29 is 17.9 Å². The van der Waals surface area contributed by atoms with Crippen molar-refractivity contribution in [1.29, 1.82) is 0 Å². The largest absolute Gasteiger partial charge is 0.497 e. The van der Waals surface area contributed by atoms with Crippen LogP contribution in [0.4, 0.5) is 0 Å². The molecule has 1 aliphatic carbocycles. The molecule has 148 valence electrons. The van der Waals surface area contributed by atoms with Crippen molar-refractivity contribution in [2.75, 3.05) is 7.11 Å². The molecule has 28 heavy (non-hydrogen) atoms. The summed E-state index contributed by atoms with van der Waals surface area (Å²) in [5.41, 5.74) is 1.93. The van der Waals surface area contributed by atoms with Crippen molar-refractivity contribution in [3.05, 3.63) is 65.7 Å². The molecule has 5 heteroatoms. The second kappa shape index (κ2) is 8.31. The fourth-order valence-corrected chi connectivity index (χ4v) is 5.79. The molecule has 3 rings (SSSR count). The lowest BCUT2D eigenvalue weighted by molar-refractivity contribution is -0.123. The van der Waals surface area contributed by atoms with E-state index in [4.69, 9.17) is 4.74 Å². The second-order valence-corrected chi connectivity index (χ2v) is 9.58. The molecule has 4 nitrogen and oxygen atoms in total. The number of aryl methyl sites for hydroxylation is 1. The molecule has 0 N–H and O–H groups in total. The highest BCUT2D eigenvalue weighted by Crippen LogP contribution is 2.40. The standard InChI is InChI=1S/C23H26O4S/c1-18-8-14-21(15-9-18)28(25,26)23(16-4-3-7-22(23)24)17-5-6-19-10-12-20(27-2)13-11-19/h5-6,8-15H,3-4,7,16-17H2,1-2H3/b6-5+/t23-/m0/s1. The molecule has 0 unspecified atom stereocenters. The zero-order valence-electron chi connectivity index (χ0n) is 16.4. The van der Waals surface area contributed by atoms with E-state index in [1.165, 1.54) is 0 Å². The highest BCUT2D eigenvalue weighted by Gasteiger charge is 2.50. The van der Waals surface area contributed by atoms with Crippen LogP contribution in [-0.2, 0) is 14.6 Å². The molecule has 1 saturated carbocycles. The molecular formula is C23H26O4S. The van der Waals surface area contributed by atoms with Gasteiger partial charge >= 0.3 is 0 Å². The van der Waals surface area contributed by atoms with Crippen molar-refractivity contribution >= 4 is 21.7 Å². The average molecular weight is 399 g/mol. The molecule has 1 atom stereocenters. The molecule has 0 aliphatic heterocycles. The third-order valence-electron chi connectivity index (χ3n) is 5.46. The van der Waals surface area contributed by atoms with Crippen LogP contribution in [0.15, 0.2) is 59.5 Å². The van der Waals surface area contributed by atoms with Gasteiger partial charge in [-0.2, -0.15) is 0 Å². The third kappa shape index (κ3) is 3.90. The monoisotopic (exact) mass is 398 g/mol. The normalized spacial score (nSPS) is 20.4. The van der Waals surface area contributed by atoms with E-state index in [9.17, 15) is 13.2 Å². The molecule has 1 fully saturated rings. The van der Waals surface area contributed by atoms with E-state index in [-0.39, 0.29) is 17.1 Å². The Morgan fingerprint density at radius 2 is 1.71 bits per heavy atom. The van der Waals surface area contributed by atoms with Crippen molar-refractivity contribution in [1.82, 2.24) is 0 Å². The van der Waals surface area contributed by atoms with Gasteiger partial charge in [0, 0.05) is 6.42 Å². The Hall–Kier alpha value is -2.40. The molecule has 2 aromatic rings. The van der Waals surface area contributed by atoms with Crippen LogP contribution in [0.3, 0.4) is 0 Å². The van der Waals surface area contributed by atoms with E-state index in [0.29, 0.717) is 12.8 Å². The zero-order valence-corrected chi connectivity index (χ0v) is 17.2. The number of Topliss-reactive ketones (excluding diaryl/α,β-unsaturated/α-hetero) is 1. The number of sulfone groups is 1. The van der Waals surface area contributed by atoms with E-state index in [0.717, 1.165) is 29.7 Å². The Morgan fingerprint density at radius 3 is 2.32 bits per heavy atom. The molecular weight excluding hydrogens is 372 g/mol. The molecule has 0 bridgehead atoms. The minimum Gasteiger partial charge on any atom is -0.497 e. The molecule has 0 spiro atoms. The van der Waals surface area contributed by atoms with Gasteiger partial charge in [0.15, 0.2) is 15.6 Å². The van der Waals surface area contributed by atoms with Crippen LogP contribution in [0.25, 0.3) is 6.08 Å². The second-order valence-electron chi connectivity index (χ2n) is 7.32. The van der Waals surface area contributed by atoms with Crippen LogP contribution in [0, 0.1) is 6.92 Å². The Kier molecular flexibility index (Phi) is 6.04. The first-order valence-corrected chi connectivity index (χ1v) is 11.0. The maximum absolute atomic E-state index is 13.5. The number of hydrogen-bond acceptors (Lipinski definition) is 4. The molecule has 0 saturated heterocycles. The van der Waals surface area contributed by atoms with E-state index < -0.39 is 14.6 Å². The average Bonchev–Trinajstić information content (AvgIpc) is 2.70.